The normalized spacial score (nSPS) is 26.8. The van der Waals surface area contributed by atoms with Crippen molar-refractivity contribution in [2.24, 2.45) is 5.92 Å². The van der Waals surface area contributed by atoms with Gasteiger partial charge in [0, 0.05) is 24.3 Å². The first kappa shape index (κ1) is 15.4. The summed E-state index contributed by atoms with van der Waals surface area (Å²) >= 11 is 0. The smallest absolute Gasteiger partial charge is 0.0371 e. The molecule has 3 atom stereocenters. The third-order valence-electron chi connectivity index (χ3n) is 4.88. The van der Waals surface area contributed by atoms with Gasteiger partial charge >= 0.3 is 0 Å². The molecule has 3 unspecified atom stereocenters. The van der Waals surface area contributed by atoms with E-state index in [4.69, 9.17) is 0 Å². The minimum atomic E-state index is 0.602. The summed E-state index contributed by atoms with van der Waals surface area (Å²) in [4.78, 5) is 2.59. The van der Waals surface area contributed by atoms with Gasteiger partial charge in [-0.05, 0) is 56.3 Å². The van der Waals surface area contributed by atoms with Gasteiger partial charge in [-0.3, -0.25) is 0 Å². The first-order valence-corrected chi connectivity index (χ1v) is 8.26. The number of nitrogens with zero attached hydrogens (tertiary/aromatic N) is 1. The molecule has 20 heavy (non-hydrogen) atoms. The summed E-state index contributed by atoms with van der Waals surface area (Å²) in [5, 5.41) is 3.72. The van der Waals surface area contributed by atoms with Gasteiger partial charge in [0.05, 0.1) is 0 Å². The Kier molecular flexibility index (Phi) is 5.47. The lowest BCUT2D eigenvalue weighted by Gasteiger charge is -2.44. The Bertz CT molecular complexity index is 416. The molecule has 1 N–H and O–H groups in total. The van der Waals surface area contributed by atoms with Gasteiger partial charge in [0.1, 0.15) is 0 Å². The Morgan fingerprint density at radius 1 is 1.25 bits per heavy atom. The molecule has 112 valence electrons. The summed E-state index contributed by atoms with van der Waals surface area (Å²) in [5.74, 6) is 0.695. The van der Waals surface area contributed by atoms with E-state index in [9.17, 15) is 0 Å². The SMILES string of the molecule is CCCNC1CCN(c2cccc(CC)c2)C(C)C1C. The minimum absolute atomic E-state index is 0.602. The second-order valence-corrected chi connectivity index (χ2v) is 6.17. The van der Waals surface area contributed by atoms with E-state index < -0.39 is 0 Å². The van der Waals surface area contributed by atoms with Gasteiger partial charge in [0.2, 0.25) is 0 Å². The van der Waals surface area contributed by atoms with Crippen molar-refractivity contribution in [1.29, 1.82) is 0 Å². The average molecular weight is 274 g/mol. The number of rotatable bonds is 5. The molecule has 0 amide bonds. The highest BCUT2D eigenvalue weighted by Crippen LogP contribution is 2.29. The van der Waals surface area contributed by atoms with E-state index in [0.29, 0.717) is 18.0 Å². The molecule has 1 saturated heterocycles. The summed E-state index contributed by atoms with van der Waals surface area (Å²) < 4.78 is 0. The average Bonchev–Trinajstić information content (AvgIpc) is 2.49. The summed E-state index contributed by atoms with van der Waals surface area (Å²) in [6, 6.07) is 10.3. The van der Waals surface area contributed by atoms with Crippen molar-refractivity contribution in [3.05, 3.63) is 29.8 Å². The lowest BCUT2D eigenvalue weighted by atomic mass is 9.86. The van der Waals surface area contributed by atoms with Crippen molar-refractivity contribution in [1.82, 2.24) is 5.32 Å². The second-order valence-electron chi connectivity index (χ2n) is 6.17. The fraction of sp³-hybridized carbons (Fsp3) is 0.667. The Balaban J connectivity index is 2.07. The molecule has 1 aliphatic heterocycles. The van der Waals surface area contributed by atoms with Crippen molar-refractivity contribution in [2.45, 2.75) is 59.0 Å². The maximum absolute atomic E-state index is 3.72. The van der Waals surface area contributed by atoms with Gasteiger partial charge in [-0.15, -0.1) is 0 Å². The Hall–Kier alpha value is -1.02. The zero-order chi connectivity index (χ0) is 14.5. The highest BCUT2D eigenvalue weighted by molar-refractivity contribution is 5.50. The zero-order valence-electron chi connectivity index (χ0n) is 13.5. The topological polar surface area (TPSA) is 15.3 Å². The number of aryl methyl sites for hydroxylation is 1. The van der Waals surface area contributed by atoms with Gasteiger partial charge in [-0.25, -0.2) is 0 Å². The largest absolute Gasteiger partial charge is 0.368 e. The number of anilines is 1. The van der Waals surface area contributed by atoms with E-state index in [1.54, 1.807) is 0 Å². The number of piperidine rings is 1. The molecule has 1 heterocycles. The standard InChI is InChI=1S/C18H30N2/c1-5-11-19-18-10-12-20(15(4)14(18)3)17-9-7-8-16(6-2)13-17/h7-9,13-15,18-19H,5-6,10-12H2,1-4H3. The van der Waals surface area contributed by atoms with Gasteiger partial charge in [-0.1, -0.05) is 32.9 Å². The van der Waals surface area contributed by atoms with Crippen LogP contribution in [0.25, 0.3) is 0 Å². The molecule has 1 aromatic carbocycles. The van der Waals surface area contributed by atoms with Crippen LogP contribution < -0.4 is 10.2 Å². The molecule has 0 saturated carbocycles. The van der Waals surface area contributed by atoms with Crippen molar-refractivity contribution in [3.63, 3.8) is 0 Å². The second kappa shape index (κ2) is 7.12. The monoisotopic (exact) mass is 274 g/mol. The van der Waals surface area contributed by atoms with Crippen LogP contribution in [0.4, 0.5) is 5.69 Å². The molecule has 0 aromatic heterocycles. The molecule has 2 nitrogen and oxygen atoms in total. The number of hydrogen-bond acceptors (Lipinski definition) is 2. The van der Waals surface area contributed by atoms with Crippen LogP contribution in [0.5, 0.6) is 0 Å². The zero-order valence-corrected chi connectivity index (χ0v) is 13.5. The van der Waals surface area contributed by atoms with Crippen LogP contribution >= 0.6 is 0 Å². The van der Waals surface area contributed by atoms with Gasteiger partial charge in [-0.2, -0.15) is 0 Å². The lowest BCUT2D eigenvalue weighted by Crippen LogP contribution is -2.53. The molecule has 0 aliphatic carbocycles. The summed E-state index contributed by atoms with van der Waals surface area (Å²) in [6.07, 6.45) is 3.59. The van der Waals surface area contributed by atoms with Crippen molar-refractivity contribution >= 4 is 5.69 Å². The molecular weight excluding hydrogens is 244 g/mol. The Morgan fingerprint density at radius 2 is 2.05 bits per heavy atom. The van der Waals surface area contributed by atoms with Crippen LogP contribution in [0.15, 0.2) is 24.3 Å². The number of hydrogen-bond donors (Lipinski definition) is 1. The van der Waals surface area contributed by atoms with Crippen molar-refractivity contribution in [2.75, 3.05) is 18.0 Å². The number of nitrogens with one attached hydrogen (secondary N) is 1. The van der Waals surface area contributed by atoms with Crippen LogP contribution in [0.2, 0.25) is 0 Å². The summed E-state index contributed by atoms with van der Waals surface area (Å²) in [7, 11) is 0. The number of benzene rings is 1. The molecule has 0 spiro atoms. The highest BCUT2D eigenvalue weighted by Gasteiger charge is 2.32. The predicted octanol–water partition coefficient (Wildman–Crippen LogP) is 3.85. The molecule has 2 heteroatoms. The quantitative estimate of drug-likeness (QED) is 0.877. The first-order valence-electron chi connectivity index (χ1n) is 8.26. The molecule has 0 bridgehead atoms. The summed E-state index contributed by atoms with van der Waals surface area (Å²) in [6.45, 7) is 11.6. The first-order chi connectivity index (χ1) is 9.67. The lowest BCUT2D eigenvalue weighted by molar-refractivity contribution is 0.271. The van der Waals surface area contributed by atoms with Crippen LogP contribution in [0, 0.1) is 5.92 Å². The molecule has 1 aliphatic rings. The van der Waals surface area contributed by atoms with E-state index in [-0.39, 0.29) is 0 Å². The maximum Gasteiger partial charge on any atom is 0.0371 e. The van der Waals surface area contributed by atoms with E-state index in [1.807, 2.05) is 0 Å². The van der Waals surface area contributed by atoms with Crippen molar-refractivity contribution in [3.8, 4) is 0 Å². The Labute approximate surface area is 124 Å². The Morgan fingerprint density at radius 3 is 2.75 bits per heavy atom. The van der Waals surface area contributed by atoms with Gasteiger partial charge in [0.25, 0.3) is 0 Å². The van der Waals surface area contributed by atoms with Crippen LogP contribution in [-0.2, 0) is 6.42 Å². The fourth-order valence-electron chi connectivity index (χ4n) is 3.30. The molecular formula is C18H30N2. The molecule has 0 radical (unpaired) electrons. The maximum atomic E-state index is 3.72. The van der Waals surface area contributed by atoms with E-state index in [1.165, 1.54) is 30.6 Å². The van der Waals surface area contributed by atoms with E-state index in [2.05, 4.69) is 62.2 Å². The van der Waals surface area contributed by atoms with Crippen LogP contribution in [0.3, 0.4) is 0 Å². The van der Waals surface area contributed by atoms with Crippen LogP contribution in [-0.4, -0.2) is 25.2 Å². The third kappa shape index (κ3) is 3.35. The molecule has 1 fully saturated rings. The van der Waals surface area contributed by atoms with Gasteiger partial charge in [0.15, 0.2) is 0 Å². The minimum Gasteiger partial charge on any atom is -0.368 e. The van der Waals surface area contributed by atoms with Crippen molar-refractivity contribution < 1.29 is 0 Å². The van der Waals surface area contributed by atoms with Gasteiger partial charge < -0.3 is 10.2 Å². The molecule has 1 aromatic rings. The fourth-order valence-corrected chi connectivity index (χ4v) is 3.30. The predicted molar refractivity (Wildman–Crippen MR) is 88.5 cm³/mol. The highest BCUT2D eigenvalue weighted by atomic mass is 15.2. The van der Waals surface area contributed by atoms with Crippen LogP contribution in [0.1, 0.15) is 46.1 Å². The third-order valence-corrected chi connectivity index (χ3v) is 4.88. The van der Waals surface area contributed by atoms with E-state index >= 15 is 0 Å². The van der Waals surface area contributed by atoms with E-state index in [0.717, 1.165) is 13.0 Å². The summed E-state index contributed by atoms with van der Waals surface area (Å²) in [5.41, 5.74) is 2.84. The molecule has 2 rings (SSSR count).